The van der Waals surface area contributed by atoms with Crippen LogP contribution in [0, 0.1) is 11.6 Å². The first kappa shape index (κ1) is 17.3. The van der Waals surface area contributed by atoms with Crippen LogP contribution >= 0.6 is 0 Å². The zero-order valence-corrected chi connectivity index (χ0v) is 14.6. The lowest BCUT2D eigenvalue weighted by atomic mass is 10.1. The van der Waals surface area contributed by atoms with E-state index in [1.807, 2.05) is 0 Å². The summed E-state index contributed by atoms with van der Waals surface area (Å²) in [4.78, 5) is 6.18. The normalized spacial score (nSPS) is 11.4. The molecule has 0 aliphatic rings. The Kier molecular flexibility index (Phi) is 4.41. The average Bonchev–Trinajstić information content (AvgIpc) is 3.14. The molecule has 0 saturated carbocycles. The molecule has 0 fully saturated rings. The van der Waals surface area contributed by atoms with E-state index in [1.165, 1.54) is 24.5 Å². The number of aryl methyl sites for hydroxylation is 1. The van der Waals surface area contributed by atoms with E-state index in [0.717, 1.165) is 0 Å². The Hall–Kier alpha value is -3.13. The molecular weight excluding hydrogens is 352 g/mol. The Balaban J connectivity index is 1.95. The highest BCUT2D eigenvalue weighted by Crippen LogP contribution is 2.32. The number of aromatic nitrogens is 4. The van der Waals surface area contributed by atoms with Gasteiger partial charge in [-0.2, -0.15) is 4.98 Å². The van der Waals surface area contributed by atoms with Crippen molar-refractivity contribution in [2.24, 2.45) is 0 Å². The zero-order chi connectivity index (χ0) is 19.0. The van der Waals surface area contributed by atoms with Crippen LogP contribution in [0.2, 0.25) is 0 Å². The summed E-state index contributed by atoms with van der Waals surface area (Å²) in [5, 5.41) is 17.5. The SMILES string of the molecule is CN(c1cccc(F)c1)c1nc2nncn2c2cc(CCCO)c(F)cc12. The van der Waals surface area contributed by atoms with Gasteiger partial charge in [0.15, 0.2) is 0 Å². The van der Waals surface area contributed by atoms with Gasteiger partial charge in [-0.15, -0.1) is 10.2 Å². The zero-order valence-electron chi connectivity index (χ0n) is 14.6. The maximum Gasteiger partial charge on any atom is 0.257 e. The number of nitrogens with zero attached hydrogens (tertiary/aromatic N) is 5. The Morgan fingerprint density at radius 3 is 2.81 bits per heavy atom. The predicted octanol–water partition coefficient (Wildman–Crippen LogP) is 3.25. The van der Waals surface area contributed by atoms with E-state index in [0.29, 0.717) is 46.6 Å². The van der Waals surface area contributed by atoms with Gasteiger partial charge in [0.2, 0.25) is 0 Å². The number of hydrogen-bond acceptors (Lipinski definition) is 5. The van der Waals surface area contributed by atoms with Gasteiger partial charge in [0.25, 0.3) is 5.78 Å². The third-order valence-corrected chi connectivity index (χ3v) is 4.52. The van der Waals surface area contributed by atoms with Crippen LogP contribution in [0.4, 0.5) is 20.3 Å². The molecule has 0 radical (unpaired) electrons. The molecule has 0 unspecified atom stereocenters. The lowest BCUT2D eigenvalue weighted by Crippen LogP contribution is -2.13. The lowest BCUT2D eigenvalue weighted by Gasteiger charge is -2.21. The highest BCUT2D eigenvalue weighted by molar-refractivity contribution is 5.93. The fourth-order valence-electron chi connectivity index (χ4n) is 3.14. The fourth-order valence-corrected chi connectivity index (χ4v) is 3.14. The highest BCUT2D eigenvalue weighted by Gasteiger charge is 2.17. The maximum absolute atomic E-state index is 14.7. The molecule has 2 aromatic carbocycles. The molecule has 0 bridgehead atoms. The van der Waals surface area contributed by atoms with E-state index >= 15 is 0 Å². The molecule has 0 aliphatic carbocycles. The Labute approximate surface area is 153 Å². The van der Waals surface area contributed by atoms with Crippen molar-refractivity contribution in [2.75, 3.05) is 18.6 Å². The van der Waals surface area contributed by atoms with Crippen LogP contribution in [0.1, 0.15) is 12.0 Å². The number of aliphatic hydroxyl groups excluding tert-OH is 1. The van der Waals surface area contributed by atoms with E-state index in [9.17, 15) is 8.78 Å². The van der Waals surface area contributed by atoms with Crippen LogP contribution in [0.3, 0.4) is 0 Å². The number of benzene rings is 2. The minimum absolute atomic E-state index is 0.0105. The second kappa shape index (κ2) is 6.88. The molecule has 4 aromatic rings. The summed E-state index contributed by atoms with van der Waals surface area (Å²) in [6.07, 6.45) is 2.40. The first-order chi connectivity index (χ1) is 13.1. The summed E-state index contributed by atoms with van der Waals surface area (Å²) in [6, 6.07) is 9.23. The van der Waals surface area contributed by atoms with Crippen LogP contribution in [0.5, 0.6) is 0 Å². The molecule has 0 spiro atoms. The van der Waals surface area contributed by atoms with E-state index in [1.54, 1.807) is 34.5 Å². The molecule has 4 rings (SSSR count). The number of aliphatic hydroxyl groups is 1. The van der Waals surface area contributed by atoms with Crippen molar-refractivity contribution in [3.05, 3.63) is 59.9 Å². The molecular formula is C19H17F2N5O. The minimum Gasteiger partial charge on any atom is -0.396 e. The van der Waals surface area contributed by atoms with Crippen molar-refractivity contribution >= 4 is 28.2 Å². The van der Waals surface area contributed by atoms with Gasteiger partial charge in [-0.25, -0.2) is 8.78 Å². The molecule has 6 nitrogen and oxygen atoms in total. The molecule has 0 atom stereocenters. The van der Waals surface area contributed by atoms with Gasteiger partial charge in [-0.05, 0) is 48.7 Å². The van der Waals surface area contributed by atoms with Gasteiger partial charge in [-0.3, -0.25) is 4.40 Å². The average molecular weight is 369 g/mol. The summed E-state index contributed by atoms with van der Waals surface area (Å²) < 4.78 is 30.0. The highest BCUT2D eigenvalue weighted by atomic mass is 19.1. The third kappa shape index (κ3) is 3.08. The number of hydrogen-bond donors (Lipinski definition) is 1. The van der Waals surface area contributed by atoms with Crippen LogP contribution in [-0.4, -0.2) is 38.3 Å². The number of halogens is 2. The standard InChI is InChI=1S/C19H17F2N5O/c1-25(14-6-2-5-13(20)9-14)18-15-10-16(21)12(4-3-7-27)8-17(15)26-11-22-24-19(26)23-18/h2,5-6,8-11,27H,3-4,7H2,1H3. The number of anilines is 2. The molecule has 2 aromatic heterocycles. The Morgan fingerprint density at radius 1 is 1.19 bits per heavy atom. The van der Waals surface area contributed by atoms with Crippen LogP contribution in [-0.2, 0) is 6.42 Å². The fraction of sp³-hybridized carbons (Fsp3) is 0.211. The van der Waals surface area contributed by atoms with Gasteiger partial charge in [0, 0.05) is 24.7 Å². The van der Waals surface area contributed by atoms with Gasteiger partial charge in [0.05, 0.1) is 5.52 Å². The van der Waals surface area contributed by atoms with E-state index in [2.05, 4.69) is 15.2 Å². The first-order valence-electron chi connectivity index (χ1n) is 8.50. The summed E-state index contributed by atoms with van der Waals surface area (Å²) in [7, 11) is 1.74. The summed E-state index contributed by atoms with van der Waals surface area (Å²) in [5.74, 6) is 0.0629. The summed E-state index contributed by atoms with van der Waals surface area (Å²) in [5.41, 5.74) is 1.77. The van der Waals surface area contributed by atoms with Crippen LogP contribution in [0.15, 0.2) is 42.7 Å². The second-order valence-corrected chi connectivity index (χ2v) is 6.26. The van der Waals surface area contributed by atoms with E-state index in [4.69, 9.17) is 5.11 Å². The summed E-state index contributed by atoms with van der Waals surface area (Å²) in [6.45, 7) is -0.0105. The first-order valence-corrected chi connectivity index (χ1v) is 8.50. The maximum atomic E-state index is 14.7. The monoisotopic (exact) mass is 369 g/mol. The summed E-state index contributed by atoms with van der Waals surface area (Å²) >= 11 is 0. The van der Waals surface area contributed by atoms with E-state index in [-0.39, 0.29) is 18.2 Å². The second-order valence-electron chi connectivity index (χ2n) is 6.26. The van der Waals surface area contributed by atoms with Gasteiger partial charge < -0.3 is 10.0 Å². The topological polar surface area (TPSA) is 66.6 Å². The molecule has 0 aliphatic heterocycles. The third-order valence-electron chi connectivity index (χ3n) is 4.52. The van der Waals surface area contributed by atoms with Crippen molar-refractivity contribution < 1.29 is 13.9 Å². The lowest BCUT2D eigenvalue weighted by molar-refractivity contribution is 0.288. The number of rotatable bonds is 5. The number of fused-ring (bicyclic) bond motifs is 3. The quantitative estimate of drug-likeness (QED) is 0.585. The van der Waals surface area contributed by atoms with Crippen molar-refractivity contribution in [1.82, 2.24) is 19.6 Å². The van der Waals surface area contributed by atoms with Crippen molar-refractivity contribution in [1.29, 1.82) is 0 Å². The van der Waals surface area contributed by atoms with E-state index < -0.39 is 0 Å². The van der Waals surface area contributed by atoms with Gasteiger partial charge in [-0.1, -0.05) is 6.07 Å². The van der Waals surface area contributed by atoms with Crippen LogP contribution < -0.4 is 4.90 Å². The molecule has 0 amide bonds. The van der Waals surface area contributed by atoms with Crippen molar-refractivity contribution in [3.8, 4) is 0 Å². The predicted molar refractivity (Wildman–Crippen MR) is 98.1 cm³/mol. The smallest absolute Gasteiger partial charge is 0.257 e. The molecule has 27 heavy (non-hydrogen) atoms. The molecule has 2 heterocycles. The largest absolute Gasteiger partial charge is 0.396 e. The Morgan fingerprint density at radius 2 is 2.04 bits per heavy atom. The van der Waals surface area contributed by atoms with Gasteiger partial charge in [0.1, 0.15) is 23.8 Å². The van der Waals surface area contributed by atoms with Crippen molar-refractivity contribution in [2.45, 2.75) is 12.8 Å². The van der Waals surface area contributed by atoms with Crippen molar-refractivity contribution in [3.63, 3.8) is 0 Å². The minimum atomic E-state index is -0.376. The molecule has 0 saturated heterocycles. The Bertz CT molecular complexity index is 1130. The molecule has 138 valence electrons. The van der Waals surface area contributed by atoms with Gasteiger partial charge >= 0.3 is 0 Å². The molecule has 1 N–H and O–H groups in total. The molecule has 8 heteroatoms. The van der Waals surface area contributed by atoms with Crippen LogP contribution in [0.25, 0.3) is 16.7 Å².